The molecule has 3 aromatic rings. The maximum absolute atomic E-state index is 13.4. The Kier molecular flexibility index (Phi) is 10.0. The highest BCUT2D eigenvalue weighted by atomic mass is 16.6. The minimum atomic E-state index is -0.522. The first kappa shape index (κ1) is 29.5. The zero-order valence-electron chi connectivity index (χ0n) is 24.7. The van der Waals surface area contributed by atoms with Gasteiger partial charge in [-0.25, -0.2) is 9.78 Å². The van der Waals surface area contributed by atoms with Crippen LogP contribution in [-0.4, -0.2) is 84.9 Å². The summed E-state index contributed by atoms with van der Waals surface area (Å²) >= 11 is 0. The van der Waals surface area contributed by atoms with Crippen molar-refractivity contribution in [2.75, 3.05) is 69.2 Å². The van der Waals surface area contributed by atoms with Crippen molar-refractivity contribution in [2.45, 2.75) is 27.4 Å². The Bertz CT molecular complexity index is 1370. The smallest absolute Gasteiger partial charge is 0.421 e. The molecule has 0 unspecified atom stereocenters. The summed E-state index contributed by atoms with van der Waals surface area (Å²) in [4.78, 5) is 28.8. The van der Waals surface area contributed by atoms with Gasteiger partial charge in [0.25, 0.3) is 0 Å². The van der Waals surface area contributed by atoms with Crippen LogP contribution in [0.3, 0.4) is 0 Å². The van der Waals surface area contributed by atoms with Crippen molar-refractivity contribution < 1.29 is 19.0 Å². The second kappa shape index (κ2) is 14.3. The third kappa shape index (κ3) is 7.64. The molecule has 1 fully saturated rings. The minimum Gasteiger partial charge on any atom is -0.492 e. The van der Waals surface area contributed by atoms with E-state index >= 15 is 0 Å². The number of nitrogens with zero attached hydrogens (tertiary/aromatic N) is 5. The van der Waals surface area contributed by atoms with E-state index in [2.05, 4.69) is 32.0 Å². The fraction of sp³-hybridized carbons (Fsp3) is 0.406. The topological polar surface area (TPSA) is 92.3 Å². The maximum atomic E-state index is 13.4. The number of hydrogen-bond acceptors (Lipinski definition) is 9. The van der Waals surface area contributed by atoms with E-state index in [9.17, 15) is 4.79 Å². The van der Waals surface area contributed by atoms with E-state index in [1.165, 1.54) is 4.90 Å². The molecule has 2 aliphatic heterocycles. The van der Waals surface area contributed by atoms with Crippen LogP contribution in [0.1, 0.15) is 23.6 Å². The number of anilines is 3. The zero-order chi connectivity index (χ0) is 29.3. The van der Waals surface area contributed by atoms with Gasteiger partial charge in [-0.3, -0.25) is 9.80 Å². The summed E-state index contributed by atoms with van der Waals surface area (Å²) in [5.41, 5.74) is 3.51. The fourth-order valence-corrected chi connectivity index (χ4v) is 5.06. The number of piperazine rings is 1. The molecular weight excluding hydrogens is 532 g/mol. The molecule has 0 spiro atoms. The third-order valence-corrected chi connectivity index (χ3v) is 7.56. The van der Waals surface area contributed by atoms with Crippen molar-refractivity contribution in [1.82, 2.24) is 19.8 Å². The summed E-state index contributed by atoms with van der Waals surface area (Å²) in [5.74, 6) is 2.14. The number of para-hydroxylation sites is 1. The number of amides is 1. The summed E-state index contributed by atoms with van der Waals surface area (Å²) in [5, 5.41) is 3.27. The Hall–Kier alpha value is -3.99. The number of carbonyl (C=O) groups excluding carboxylic acids is 1. The third-order valence-electron chi connectivity index (χ3n) is 7.56. The highest BCUT2D eigenvalue weighted by molar-refractivity contribution is 5.88. The molecule has 222 valence electrons. The van der Waals surface area contributed by atoms with Crippen LogP contribution in [0.15, 0.2) is 60.8 Å². The van der Waals surface area contributed by atoms with Crippen LogP contribution < -0.4 is 19.7 Å². The number of carbonyl (C=O) groups is 1. The van der Waals surface area contributed by atoms with Crippen LogP contribution >= 0.6 is 0 Å². The number of aryl methyl sites for hydroxylation is 2. The predicted octanol–water partition coefficient (Wildman–Crippen LogP) is 4.95. The molecule has 2 aliphatic rings. The van der Waals surface area contributed by atoms with Gasteiger partial charge < -0.3 is 24.4 Å². The lowest BCUT2D eigenvalue weighted by molar-refractivity contribution is 0.118. The van der Waals surface area contributed by atoms with E-state index in [1.807, 2.05) is 62.4 Å². The van der Waals surface area contributed by atoms with Crippen molar-refractivity contribution in [3.8, 4) is 11.5 Å². The van der Waals surface area contributed by atoms with Gasteiger partial charge in [-0.2, -0.15) is 4.98 Å². The fourth-order valence-electron chi connectivity index (χ4n) is 5.06. The largest absolute Gasteiger partial charge is 0.492 e. The van der Waals surface area contributed by atoms with Crippen molar-refractivity contribution in [3.63, 3.8) is 0 Å². The Labute approximate surface area is 247 Å². The Morgan fingerprint density at radius 3 is 2.60 bits per heavy atom. The van der Waals surface area contributed by atoms with Crippen LogP contribution in [0, 0.1) is 13.8 Å². The molecule has 42 heavy (non-hydrogen) atoms. The normalized spacial score (nSPS) is 17.2. The van der Waals surface area contributed by atoms with Gasteiger partial charge >= 0.3 is 6.09 Å². The van der Waals surface area contributed by atoms with Crippen LogP contribution in [0.5, 0.6) is 11.5 Å². The summed E-state index contributed by atoms with van der Waals surface area (Å²) in [6, 6.07) is 13.4. The Morgan fingerprint density at radius 2 is 1.81 bits per heavy atom. The molecule has 2 aromatic carbocycles. The molecule has 1 N–H and O–H groups in total. The molecule has 3 heterocycles. The molecule has 0 saturated carbocycles. The molecule has 10 heteroatoms. The highest BCUT2D eigenvalue weighted by Gasteiger charge is 2.21. The number of fused-ring (bicyclic) bond motifs is 4. The lowest BCUT2D eigenvalue weighted by atomic mass is 10.1. The molecular formula is C32H40N6O4. The molecule has 0 aliphatic carbocycles. The van der Waals surface area contributed by atoms with E-state index in [1.54, 1.807) is 12.3 Å². The van der Waals surface area contributed by atoms with Gasteiger partial charge in [-0.05, 0) is 55.8 Å². The monoisotopic (exact) mass is 572 g/mol. The molecule has 4 bridgehead atoms. The van der Waals surface area contributed by atoms with E-state index in [0.29, 0.717) is 37.3 Å². The molecule has 10 nitrogen and oxygen atoms in total. The van der Waals surface area contributed by atoms with Gasteiger partial charge in [-0.15, -0.1) is 0 Å². The highest BCUT2D eigenvalue weighted by Crippen LogP contribution is 2.27. The zero-order valence-corrected chi connectivity index (χ0v) is 24.7. The van der Waals surface area contributed by atoms with E-state index in [0.717, 1.165) is 67.4 Å². The number of rotatable bonds is 6. The number of likely N-dealkylation sites (N-methyl/N-ethyl adjacent to an activating group) is 1. The second-order valence-electron chi connectivity index (χ2n) is 10.5. The summed E-state index contributed by atoms with van der Waals surface area (Å²) in [6.45, 7) is 14.0. The van der Waals surface area contributed by atoms with Gasteiger partial charge in [0.15, 0.2) is 0 Å². The standard InChI is InChI=1S/C32H40N6O4/c1-4-36-15-17-37(18-16-36)19-21-41-28-11-10-27-22-26(28)23-40-20-6-5-14-38(29-12-13-33-31(34-27)35-29)32(39)42-30-24(2)8-7-9-25(30)3/h5-13,22H,4,14-21,23H2,1-3H3,(H,33,34,35)/b6-5-. The van der Waals surface area contributed by atoms with Crippen LogP contribution in [0.25, 0.3) is 0 Å². The molecule has 0 radical (unpaired) electrons. The quantitative estimate of drug-likeness (QED) is 0.412. The first-order valence-electron chi connectivity index (χ1n) is 14.6. The minimum absolute atomic E-state index is 0.260. The maximum Gasteiger partial charge on any atom is 0.421 e. The summed E-state index contributed by atoms with van der Waals surface area (Å²) < 4.78 is 18.0. The number of aromatic nitrogens is 2. The predicted molar refractivity (Wildman–Crippen MR) is 164 cm³/mol. The van der Waals surface area contributed by atoms with E-state index in [4.69, 9.17) is 14.2 Å². The van der Waals surface area contributed by atoms with E-state index in [-0.39, 0.29) is 6.54 Å². The van der Waals surface area contributed by atoms with Crippen LogP contribution in [0.4, 0.5) is 22.2 Å². The summed E-state index contributed by atoms with van der Waals surface area (Å²) in [7, 11) is 0. The van der Waals surface area contributed by atoms with Crippen molar-refractivity contribution in [1.29, 1.82) is 0 Å². The second-order valence-corrected chi connectivity index (χ2v) is 10.5. The van der Waals surface area contributed by atoms with Crippen molar-refractivity contribution >= 4 is 23.5 Å². The van der Waals surface area contributed by atoms with Gasteiger partial charge in [0, 0.05) is 56.7 Å². The Balaban J connectivity index is 1.30. The lowest BCUT2D eigenvalue weighted by Gasteiger charge is -2.33. The molecule has 5 rings (SSSR count). The van der Waals surface area contributed by atoms with Crippen LogP contribution in [0.2, 0.25) is 0 Å². The Morgan fingerprint density at radius 1 is 1.02 bits per heavy atom. The lowest BCUT2D eigenvalue weighted by Crippen LogP contribution is -2.47. The first-order chi connectivity index (χ1) is 20.5. The average Bonchev–Trinajstić information content (AvgIpc) is 2.99. The molecule has 1 amide bonds. The molecule has 0 atom stereocenters. The van der Waals surface area contributed by atoms with Crippen LogP contribution in [-0.2, 0) is 11.3 Å². The number of benzene rings is 2. The number of hydrogen-bond donors (Lipinski definition) is 1. The van der Waals surface area contributed by atoms with Gasteiger partial charge in [0.1, 0.15) is 23.9 Å². The summed E-state index contributed by atoms with van der Waals surface area (Å²) in [6.07, 6.45) is 4.87. The average molecular weight is 573 g/mol. The first-order valence-corrected chi connectivity index (χ1v) is 14.6. The van der Waals surface area contributed by atoms with Gasteiger partial charge in [0.2, 0.25) is 5.95 Å². The van der Waals surface area contributed by atoms with E-state index < -0.39 is 6.09 Å². The molecule has 1 saturated heterocycles. The van der Waals surface area contributed by atoms with Gasteiger partial charge in [0.05, 0.1) is 13.2 Å². The number of nitrogens with one attached hydrogen (secondary N) is 1. The molecule has 1 aromatic heterocycles. The van der Waals surface area contributed by atoms with Gasteiger partial charge in [-0.1, -0.05) is 37.3 Å². The SMILES string of the molecule is CCN1CCN(CCOc2ccc3cc2COC/C=C\CN(C(=O)Oc2c(C)cccc2C)c2ccnc(n2)N3)CC1. The van der Waals surface area contributed by atoms with Crippen molar-refractivity contribution in [2.24, 2.45) is 0 Å². The van der Waals surface area contributed by atoms with Crippen molar-refractivity contribution in [3.05, 3.63) is 77.5 Å². The number of ether oxygens (including phenoxy) is 3.